The molecular formula is C13H14ClIN2O2S2. The number of thiophene rings is 1. The molecule has 0 unspecified atom stereocenters. The predicted octanol–water partition coefficient (Wildman–Crippen LogP) is 3.92. The lowest BCUT2D eigenvalue weighted by molar-refractivity contribution is 0.599. The van der Waals surface area contributed by atoms with Crippen molar-refractivity contribution in [3.8, 4) is 0 Å². The molecule has 114 valence electrons. The summed E-state index contributed by atoms with van der Waals surface area (Å²) >= 11 is 9.36. The summed E-state index contributed by atoms with van der Waals surface area (Å²) in [5.41, 5.74) is 0.528. The number of hydrogen-bond donors (Lipinski definition) is 2. The van der Waals surface area contributed by atoms with Gasteiger partial charge in [-0.2, -0.15) is 0 Å². The zero-order valence-electron chi connectivity index (χ0n) is 11.2. The Morgan fingerprint density at radius 2 is 2.10 bits per heavy atom. The summed E-state index contributed by atoms with van der Waals surface area (Å²) in [6.45, 7) is 3.32. The molecule has 1 aromatic carbocycles. The van der Waals surface area contributed by atoms with E-state index in [9.17, 15) is 8.42 Å². The highest BCUT2D eigenvalue weighted by Gasteiger charge is 2.20. The van der Waals surface area contributed by atoms with Gasteiger partial charge in [0.1, 0.15) is 4.90 Å². The molecule has 2 aromatic rings. The van der Waals surface area contributed by atoms with Crippen molar-refractivity contribution in [3.05, 3.63) is 43.1 Å². The first-order valence-electron chi connectivity index (χ1n) is 6.19. The first-order chi connectivity index (χ1) is 9.94. The van der Waals surface area contributed by atoms with Crippen molar-refractivity contribution in [1.82, 2.24) is 5.32 Å². The monoisotopic (exact) mass is 456 g/mol. The second-order valence-electron chi connectivity index (χ2n) is 4.22. The van der Waals surface area contributed by atoms with Crippen LogP contribution in [0.4, 0.5) is 5.69 Å². The SMILES string of the molecule is CCNCc1sccc1S(=O)(=O)Nc1ccc(Cl)cc1I. The van der Waals surface area contributed by atoms with Crippen LogP contribution in [0.1, 0.15) is 11.8 Å². The van der Waals surface area contributed by atoms with Crippen molar-refractivity contribution in [2.45, 2.75) is 18.4 Å². The Kier molecular flexibility index (Phi) is 5.89. The van der Waals surface area contributed by atoms with Gasteiger partial charge in [0.25, 0.3) is 10.0 Å². The van der Waals surface area contributed by atoms with E-state index >= 15 is 0 Å². The molecular weight excluding hydrogens is 443 g/mol. The van der Waals surface area contributed by atoms with E-state index in [0.29, 0.717) is 22.2 Å². The van der Waals surface area contributed by atoms with Crippen molar-refractivity contribution >= 4 is 61.2 Å². The first kappa shape index (κ1) is 17.0. The van der Waals surface area contributed by atoms with E-state index in [-0.39, 0.29) is 0 Å². The topological polar surface area (TPSA) is 58.2 Å². The van der Waals surface area contributed by atoms with Gasteiger partial charge in [0.15, 0.2) is 0 Å². The summed E-state index contributed by atoms with van der Waals surface area (Å²) < 4.78 is 28.4. The van der Waals surface area contributed by atoms with Gasteiger partial charge in [-0.05, 0) is 58.8 Å². The number of anilines is 1. The van der Waals surface area contributed by atoms with Crippen LogP contribution in [0.25, 0.3) is 0 Å². The largest absolute Gasteiger partial charge is 0.312 e. The summed E-state index contributed by atoms with van der Waals surface area (Å²) in [7, 11) is -3.59. The van der Waals surface area contributed by atoms with Crippen molar-refractivity contribution in [2.24, 2.45) is 0 Å². The van der Waals surface area contributed by atoms with Crippen LogP contribution < -0.4 is 10.0 Å². The van der Waals surface area contributed by atoms with Gasteiger partial charge in [-0.1, -0.05) is 18.5 Å². The van der Waals surface area contributed by atoms with Crippen LogP contribution in [0.3, 0.4) is 0 Å². The molecule has 0 aliphatic rings. The predicted molar refractivity (Wildman–Crippen MR) is 96.7 cm³/mol. The summed E-state index contributed by atoms with van der Waals surface area (Å²) in [6.07, 6.45) is 0. The quantitative estimate of drug-likeness (QED) is 0.648. The average molecular weight is 457 g/mol. The maximum Gasteiger partial charge on any atom is 0.263 e. The summed E-state index contributed by atoms with van der Waals surface area (Å²) in [6, 6.07) is 6.67. The zero-order chi connectivity index (χ0) is 15.5. The van der Waals surface area contributed by atoms with E-state index in [1.807, 2.05) is 6.92 Å². The number of nitrogens with one attached hydrogen (secondary N) is 2. The van der Waals surface area contributed by atoms with Crippen LogP contribution in [-0.4, -0.2) is 15.0 Å². The van der Waals surface area contributed by atoms with Crippen LogP contribution in [0.5, 0.6) is 0 Å². The standard InChI is InChI=1S/C13H14ClIN2O2S2/c1-2-16-8-12-13(5-6-20-12)21(18,19)17-11-4-3-9(14)7-10(11)15/h3-7,16-17H,2,8H2,1H3. The second kappa shape index (κ2) is 7.28. The molecule has 0 amide bonds. The maximum absolute atomic E-state index is 12.5. The molecule has 0 bridgehead atoms. The van der Waals surface area contributed by atoms with Gasteiger partial charge >= 0.3 is 0 Å². The molecule has 8 heteroatoms. The van der Waals surface area contributed by atoms with Gasteiger partial charge in [-0.3, -0.25) is 4.72 Å². The molecule has 2 rings (SSSR count). The van der Waals surface area contributed by atoms with Crippen LogP contribution in [0, 0.1) is 3.57 Å². The van der Waals surface area contributed by atoms with Crippen molar-refractivity contribution in [2.75, 3.05) is 11.3 Å². The minimum Gasteiger partial charge on any atom is -0.312 e. The fraction of sp³-hybridized carbons (Fsp3) is 0.231. The van der Waals surface area contributed by atoms with Gasteiger partial charge in [-0.25, -0.2) is 8.42 Å². The Morgan fingerprint density at radius 1 is 1.33 bits per heavy atom. The second-order valence-corrected chi connectivity index (χ2v) is 8.47. The number of halogens is 2. The van der Waals surface area contributed by atoms with Crippen LogP contribution in [0.15, 0.2) is 34.5 Å². The summed E-state index contributed by atoms with van der Waals surface area (Å²) in [5, 5.41) is 5.51. The Morgan fingerprint density at radius 3 is 2.76 bits per heavy atom. The fourth-order valence-corrected chi connectivity index (χ4v) is 5.39. The minimum absolute atomic E-state index is 0.319. The average Bonchev–Trinajstić information content (AvgIpc) is 2.89. The first-order valence-corrected chi connectivity index (χ1v) is 10.0. The highest BCUT2D eigenvalue weighted by Crippen LogP contribution is 2.27. The van der Waals surface area contributed by atoms with Crippen molar-refractivity contribution < 1.29 is 8.42 Å². The van der Waals surface area contributed by atoms with E-state index in [4.69, 9.17) is 11.6 Å². The van der Waals surface area contributed by atoms with E-state index < -0.39 is 10.0 Å². The van der Waals surface area contributed by atoms with E-state index in [0.717, 1.165) is 15.0 Å². The molecule has 4 nitrogen and oxygen atoms in total. The molecule has 0 fully saturated rings. The Bertz CT molecular complexity index is 732. The lowest BCUT2D eigenvalue weighted by Gasteiger charge is -2.11. The molecule has 0 aliphatic heterocycles. The number of benzene rings is 1. The molecule has 1 aromatic heterocycles. The maximum atomic E-state index is 12.5. The molecule has 0 aliphatic carbocycles. The molecule has 0 saturated carbocycles. The summed E-state index contributed by atoms with van der Waals surface area (Å²) in [4.78, 5) is 1.12. The van der Waals surface area contributed by atoms with Crippen molar-refractivity contribution in [3.63, 3.8) is 0 Å². The van der Waals surface area contributed by atoms with Crippen LogP contribution in [-0.2, 0) is 16.6 Å². The van der Waals surface area contributed by atoms with Gasteiger partial charge in [0.2, 0.25) is 0 Å². The Balaban J connectivity index is 2.28. The smallest absolute Gasteiger partial charge is 0.263 e. The zero-order valence-corrected chi connectivity index (χ0v) is 15.7. The Labute approximate surface area is 147 Å². The Hall–Kier alpha value is -0.350. The molecule has 0 spiro atoms. The molecule has 0 radical (unpaired) electrons. The van der Waals surface area contributed by atoms with E-state index in [1.54, 1.807) is 29.6 Å². The molecule has 2 N–H and O–H groups in total. The molecule has 21 heavy (non-hydrogen) atoms. The lowest BCUT2D eigenvalue weighted by atomic mass is 10.3. The van der Waals surface area contributed by atoms with Crippen LogP contribution in [0.2, 0.25) is 5.02 Å². The molecule has 1 heterocycles. The lowest BCUT2D eigenvalue weighted by Crippen LogP contribution is -2.17. The third-order valence-corrected chi connectivity index (χ3v) is 6.33. The van der Waals surface area contributed by atoms with Gasteiger partial charge in [-0.15, -0.1) is 11.3 Å². The third-order valence-electron chi connectivity index (χ3n) is 2.71. The molecule has 0 atom stereocenters. The summed E-state index contributed by atoms with van der Waals surface area (Å²) in [5.74, 6) is 0. The van der Waals surface area contributed by atoms with E-state index in [1.165, 1.54) is 11.3 Å². The minimum atomic E-state index is -3.59. The van der Waals surface area contributed by atoms with E-state index in [2.05, 4.69) is 32.6 Å². The normalized spacial score (nSPS) is 11.6. The molecule has 0 saturated heterocycles. The number of hydrogen-bond acceptors (Lipinski definition) is 4. The van der Waals surface area contributed by atoms with Crippen LogP contribution >= 0.6 is 45.5 Å². The highest BCUT2D eigenvalue weighted by molar-refractivity contribution is 14.1. The number of sulfonamides is 1. The van der Waals surface area contributed by atoms with Gasteiger partial charge in [0.05, 0.1) is 5.69 Å². The highest BCUT2D eigenvalue weighted by atomic mass is 127. The van der Waals surface area contributed by atoms with Crippen molar-refractivity contribution in [1.29, 1.82) is 0 Å². The van der Waals surface area contributed by atoms with Gasteiger partial charge in [0, 0.05) is 20.0 Å². The fourth-order valence-electron chi connectivity index (χ4n) is 1.71. The third kappa shape index (κ3) is 4.32. The van der Waals surface area contributed by atoms with Gasteiger partial charge < -0.3 is 5.32 Å². The number of rotatable bonds is 6.